The van der Waals surface area contributed by atoms with Crippen molar-refractivity contribution in [1.82, 2.24) is 24.4 Å². The average Bonchev–Trinajstić information content (AvgIpc) is 3.01. The highest BCUT2D eigenvalue weighted by molar-refractivity contribution is 6.33. The molecule has 0 spiro atoms. The molecule has 0 bridgehead atoms. The van der Waals surface area contributed by atoms with Gasteiger partial charge in [-0.3, -0.25) is 9.08 Å². The van der Waals surface area contributed by atoms with Crippen molar-refractivity contribution in [2.75, 3.05) is 7.11 Å². The Kier molecular flexibility index (Phi) is 3.13. The summed E-state index contributed by atoms with van der Waals surface area (Å²) >= 11 is 6.16. The normalized spacial score (nSPS) is 11.0. The maximum absolute atomic E-state index is 11.7. The minimum Gasteiger partial charge on any atom is -0.465 e. The Labute approximate surface area is 125 Å². The summed E-state index contributed by atoms with van der Waals surface area (Å²) in [4.78, 5) is 11.7. The molecular weight excluding hydrogens is 294 g/mol. The van der Waals surface area contributed by atoms with Crippen molar-refractivity contribution in [3.63, 3.8) is 0 Å². The molecule has 0 aliphatic rings. The second kappa shape index (κ2) is 4.85. The Balaban J connectivity index is 2.27. The number of ether oxygens (including phenoxy) is 1. The number of hydrogen-bond donors (Lipinski definition) is 0. The van der Waals surface area contributed by atoms with E-state index in [-0.39, 0.29) is 0 Å². The number of halogens is 1. The van der Waals surface area contributed by atoms with Gasteiger partial charge in [-0.15, -0.1) is 10.2 Å². The minimum atomic E-state index is -0.471. The van der Waals surface area contributed by atoms with Gasteiger partial charge < -0.3 is 4.74 Å². The number of aryl methyl sites for hydroxylation is 2. The van der Waals surface area contributed by atoms with Crippen LogP contribution in [0.2, 0.25) is 5.02 Å². The van der Waals surface area contributed by atoms with Crippen molar-refractivity contribution in [1.29, 1.82) is 0 Å². The second-order valence-corrected chi connectivity index (χ2v) is 4.99. The molecule has 7 nitrogen and oxygen atoms in total. The van der Waals surface area contributed by atoms with Crippen molar-refractivity contribution < 1.29 is 9.53 Å². The summed E-state index contributed by atoms with van der Waals surface area (Å²) in [7, 11) is 3.14. The van der Waals surface area contributed by atoms with Crippen LogP contribution in [0.15, 0.2) is 18.5 Å². The van der Waals surface area contributed by atoms with E-state index in [0.29, 0.717) is 22.1 Å². The zero-order chi connectivity index (χ0) is 15.1. The predicted octanol–water partition coefficient (Wildman–Crippen LogP) is 1.88. The summed E-state index contributed by atoms with van der Waals surface area (Å²) in [5.41, 5.74) is 2.44. The minimum absolute atomic E-state index is 0.331. The summed E-state index contributed by atoms with van der Waals surface area (Å²) in [5, 5.41) is 12.8. The standard InChI is InChI=1S/C13H12ClN5O2/c1-7-9(6-18(2)17-7)11-15-16-12-10(14)4-8(5-19(11)12)13(20)21-3/h4-6H,1-3H3. The number of methoxy groups -OCH3 is 1. The summed E-state index contributed by atoms with van der Waals surface area (Å²) in [6.45, 7) is 1.88. The molecule has 3 heterocycles. The number of pyridine rings is 1. The molecule has 0 aliphatic heterocycles. The van der Waals surface area contributed by atoms with Crippen LogP contribution in [-0.2, 0) is 11.8 Å². The zero-order valence-corrected chi connectivity index (χ0v) is 12.4. The van der Waals surface area contributed by atoms with Gasteiger partial charge in [0.2, 0.25) is 0 Å². The quantitative estimate of drug-likeness (QED) is 0.676. The van der Waals surface area contributed by atoms with E-state index in [1.807, 2.05) is 20.2 Å². The molecule has 0 amide bonds. The Hall–Kier alpha value is -2.41. The van der Waals surface area contributed by atoms with Crippen LogP contribution in [-0.4, -0.2) is 37.5 Å². The second-order valence-electron chi connectivity index (χ2n) is 4.59. The van der Waals surface area contributed by atoms with Gasteiger partial charge in [0, 0.05) is 19.4 Å². The van der Waals surface area contributed by atoms with Crippen molar-refractivity contribution >= 4 is 23.2 Å². The number of hydrogen-bond acceptors (Lipinski definition) is 5. The summed E-state index contributed by atoms with van der Waals surface area (Å²) < 4.78 is 8.08. The first-order valence-corrected chi connectivity index (χ1v) is 6.52. The fraction of sp³-hybridized carbons (Fsp3) is 0.231. The number of fused-ring (bicyclic) bond motifs is 1. The van der Waals surface area contributed by atoms with Crippen LogP contribution >= 0.6 is 11.6 Å². The van der Waals surface area contributed by atoms with Gasteiger partial charge in [-0.2, -0.15) is 5.10 Å². The number of nitrogens with zero attached hydrogens (tertiary/aromatic N) is 5. The summed E-state index contributed by atoms with van der Waals surface area (Å²) in [6, 6.07) is 1.51. The van der Waals surface area contributed by atoms with Gasteiger partial charge in [0.25, 0.3) is 0 Å². The fourth-order valence-electron chi connectivity index (χ4n) is 2.19. The third kappa shape index (κ3) is 2.15. The van der Waals surface area contributed by atoms with Gasteiger partial charge in [0.1, 0.15) is 0 Å². The Morgan fingerprint density at radius 1 is 1.33 bits per heavy atom. The molecule has 0 N–H and O–H groups in total. The molecule has 0 aromatic carbocycles. The molecule has 0 fully saturated rings. The van der Waals surface area contributed by atoms with Gasteiger partial charge in [-0.1, -0.05) is 11.6 Å². The number of esters is 1. The molecule has 3 rings (SSSR count). The lowest BCUT2D eigenvalue weighted by molar-refractivity contribution is 0.0600. The van der Waals surface area contributed by atoms with E-state index in [0.717, 1.165) is 11.3 Å². The van der Waals surface area contributed by atoms with Crippen LogP contribution in [0.4, 0.5) is 0 Å². The number of aromatic nitrogens is 5. The predicted molar refractivity (Wildman–Crippen MR) is 76.3 cm³/mol. The highest BCUT2D eigenvalue weighted by atomic mass is 35.5. The van der Waals surface area contributed by atoms with E-state index in [4.69, 9.17) is 16.3 Å². The van der Waals surface area contributed by atoms with Crippen molar-refractivity contribution in [3.8, 4) is 11.4 Å². The van der Waals surface area contributed by atoms with Crippen LogP contribution in [0.3, 0.4) is 0 Å². The van der Waals surface area contributed by atoms with Crippen molar-refractivity contribution in [3.05, 3.63) is 34.7 Å². The van der Waals surface area contributed by atoms with E-state index in [1.165, 1.54) is 13.2 Å². The van der Waals surface area contributed by atoms with Crippen LogP contribution in [0, 0.1) is 6.92 Å². The third-order valence-corrected chi connectivity index (χ3v) is 3.41. The van der Waals surface area contributed by atoms with E-state index in [1.54, 1.807) is 15.3 Å². The maximum atomic E-state index is 11.7. The molecule has 0 saturated heterocycles. The molecule has 8 heteroatoms. The number of carbonyl (C=O) groups excluding carboxylic acids is 1. The molecule has 0 atom stereocenters. The lowest BCUT2D eigenvalue weighted by atomic mass is 10.2. The smallest absolute Gasteiger partial charge is 0.339 e. The number of rotatable bonds is 2. The van der Waals surface area contributed by atoms with Crippen LogP contribution in [0.5, 0.6) is 0 Å². The summed E-state index contributed by atoms with van der Waals surface area (Å²) in [6.07, 6.45) is 3.44. The lowest BCUT2D eigenvalue weighted by Crippen LogP contribution is -2.04. The Bertz CT molecular complexity index is 852. The monoisotopic (exact) mass is 305 g/mol. The highest BCUT2D eigenvalue weighted by Gasteiger charge is 2.17. The fourth-order valence-corrected chi connectivity index (χ4v) is 2.43. The zero-order valence-electron chi connectivity index (χ0n) is 11.7. The molecule has 0 aliphatic carbocycles. The highest BCUT2D eigenvalue weighted by Crippen LogP contribution is 2.25. The third-order valence-electron chi connectivity index (χ3n) is 3.14. The largest absolute Gasteiger partial charge is 0.465 e. The molecule has 3 aromatic heterocycles. The van der Waals surface area contributed by atoms with Gasteiger partial charge in [0.05, 0.1) is 29.0 Å². The molecule has 108 valence electrons. The summed E-state index contributed by atoms with van der Waals surface area (Å²) in [5.74, 6) is 0.101. The first-order valence-electron chi connectivity index (χ1n) is 6.14. The lowest BCUT2D eigenvalue weighted by Gasteiger charge is -2.03. The van der Waals surface area contributed by atoms with E-state index in [2.05, 4.69) is 15.3 Å². The van der Waals surface area contributed by atoms with E-state index < -0.39 is 5.97 Å². The van der Waals surface area contributed by atoms with Gasteiger partial charge in [-0.25, -0.2) is 4.79 Å². The van der Waals surface area contributed by atoms with Crippen molar-refractivity contribution in [2.45, 2.75) is 6.92 Å². The Morgan fingerprint density at radius 3 is 2.71 bits per heavy atom. The van der Waals surface area contributed by atoms with Gasteiger partial charge in [0.15, 0.2) is 11.5 Å². The van der Waals surface area contributed by atoms with Crippen LogP contribution in [0.25, 0.3) is 17.0 Å². The molecule has 0 unspecified atom stereocenters. The van der Waals surface area contributed by atoms with Crippen LogP contribution < -0.4 is 0 Å². The van der Waals surface area contributed by atoms with Crippen LogP contribution in [0.1, 0.15) is 16.1 Å². The average molecular weight is 306 g/mol. The molecule has 0 radical (unpaired) electrons. The first-order chi connectivity index (χ1) is 10.0. The molecule has 0 saturated carbocycles. The van der Waals surface area contributed by atoms with Gasteiger partial charge >= 0.3 is 5.97 Å². The SMILES string of the molecule is COC(=O)c1cc(Cl)c2nnc(-c3cn(C)nc3C)n2c1. The Morgan fingerprint density at radius 2 is 2.10 bits per heavy atom. The molecular formula is C13H12ClN5O2. The van der Waals surface area contributed by atoms with Crippen molar-refractivity contribution in [2.24, 2.45) is 7.05 Å². The van der Waals surface area contributed by atoms with E-state index in [9.17, 15) is 4.79 Å². The van der Waals surface area contributed by atoms with E-state index >= 15 is 0 Å². The molecule has 3 aromatic rings. The molecule has 21 heavy (non-hydrogen) atoms. The first kappa shape index (κ1) is 13.6. The topological polar surface area (TPSA) is 74.3 Å². The maximum Gasteiger partial charge on any atom is 0.339 e. The number of carbonyl (C=O) groups is 1. The van der Waals surface area contributed by atoms with Gasteiger partial charge in [-0.05, 0) is 13.0 Å².